The van der Waals surface area contributed by atoms with Crippen LogP contribution in [0.2, 0.25) is 0 Å². The van der Waals surface area contributed by atoms with Gasteiger partial charge in [0.25, 0.3) is 5.91 Å². The molecule has 1 aliphatic heterocycles. The first-order chi connectivity index (χ1) is 17.8. The Balaban J connectivity index is 1.25. The van der Waals surface area contributed by atoms with Crippen LogP contribution in [-0.2, 0) is 17.8 Å². The number of aromatic amines is 1. The highest BCUT2D eigenvalue weighted by Crippen LogP contribution is 2.30. The first-order valence-electron chi connectivity index (χ1n) is 12.4. The number of nitrogens with one attached hydrogen (secondary N) is 1. The number of fused-ring (bicyclic) bond motifs is 1. The number of pyridine rings is 2. The number of rotatable bonds is 7. The highest BCUT2D eigenvalue weighted by Gasteiger charge is 2.31. The van der Waals surface area contributed by atoms with Crippen LogP contribution in [0.25, 0.3) is 22.2 Å². The summed E-state index contributed by atoms with van der Waals surface area (Å²) in [7, 11) is 1.65. The molecule has 0 bridgehead atoms. The predicted molar refractivity (Wildman–Crippen MR) is 141 cm³/mol. The third-order valence-electron chi connectivity index (χ3n) is 6.66. The van der Waals surface area contributed by atoms with Gasteiger partial charge in [0.1, 0.15) is 17.2 Å². The number of ether oxygens (including phenoxy) is 1. The van der Waals surface area contributed by atoms with Gasteiger partial charge < -0.3 is 19.7 Å². The number of amides is 1. The molecule has 0 saturated carbocycles. The molecule has 3 aromatic heterocycles. The van der Waals surface area contributed by atoms with Gasteiger partial charge in [-0.2, -0.15) is 0 Å². The molecule has 1 saturated heterocycles. The summed E-state index contributed by atoms with van der Waals surface area (Å²) in [5.74, 6) is 1.38. The lowest BCUT2D eigenvalue weighted by Crippen LogP contribution is -2.53. The topological polar surface area (TPSA) is 107 Å². The van der Waals surface area contributed by atoms with Gasteiger partial charge in [-0.05, 0) is 55.3 Å². The summed E-state index contributed by atoms with van der Waals surface area (Å²) in [5.41, 5.74) is 4.68. The average molecular weight is 501 g/mol. The minimum Gasteiger partial charge on any atom is -0.494 e. The molecule has 1 fully saturated rings. The van der Waals surface area contributed by atoms with E-state index in [1.54, 1.807) is 38.3 Å². The molecule has 0 radical (unpaired) electrons. The maximum absolute atomic E-state index is 12.3. The zero-order valence-electron chi connectivity index (χ0n) is 21.4. The summed E-state index contributed by atoms with van der Waals surface area (Å²) in [6.07, 6.45) is 5.92. The van der Waals surface area contributed by atoms with Crippen LogP contribution >= 0.6 is 0 Å². The third kappa shape index (κ3) is 5.63. The van der Waals surface area contributed by atoms with E-state index in [9.17, 15) is 9.90 Å². The van der Waals surface area contributed by atoms with Crippen molar-refractivity contribution in [1.82, 2.24) is 29.7 Å². The molecule has 9 heteroatoms. The van der Waals surface area contributed by atoms with E-state index < -0.39 is 5.60 Å². The van der Waals surface area contributed by atoms with Crippen molar-refractivity contribution >= 4 is 16.9 Å². The fourth-order valence-electron chi connectivity index (χ4n) is 4.74. The van der Waals surface area contributed by atoms with Crippen molar-refractivity contribution in [2.75, 3.05) is 33.3 Å². The summed E-state index contributed by atoms with van der Waals surface area (Å²) in [4.78, 5) is 33.3. The number of carbonyl (C=O) groups excluding carboxylic acids is 1. The molecule has 192 valence electrons. The number of nitrogens with zero attached hydrogens (tertiary/aromatic N) is 5. The van der Waals surface area contributed by atoms with Gasteiger partial charge in [-0.25, -0.2) is 4.98 Å². The molecule has 0 aliphatic carbocycles. The highest BCUT2D eigenvalue weighted by atomic mass is 16.5. The van der Waals surface area contributed by atoms with Gasteiger partial charge in [0, 0.05) is 62.8 Å². The van der Waals surface area contributed by atoms with E-state index in [2.05, 4.69) is 32.0 Å². The molecule has 2 N–H and O–H groups in total. The van der Waals surface area contributed by atoms with Crippen molar-refractivity contribution < 1.29 is 14.6 Å². The molecule has 0 unspecified atom stereocenters. The second-order valence-corrected chi connectivity index (χ2v) is 9.95. The lowest BCUT2D eigenvalue weighted by atomic mass is 10.1. The number of methoxy groups -OCH3 is 1. The van der Waals surface area contributed by atoms with Crippen LogP contribution in [0.15, 0.2) is 55.0 Å². The van der Waals surface area contributed by atoms with Crippen molar-refractivity contribution in [3.8, 4) is 16.9 Å². The van der Waals surface area contributed by atoms with Crippen molar-refractivity contribution in [2.24, 2.45) is 0 Å². The first-order valence-corrected chi connectivity index (χ1v) is 12.4. The van der Waals surface area contributed by atoms with Gasteiger partial charge in [-0.3, -0.25) is 19.7 Å². The number of imidazole rings is 1. The predicted octanol–water partition coefficient (Wildman–Crippen LogP) is 3.03. The zero-order chi connectivity index (χ0) is 26.0. The fraction of sp³-hybridized carbons (Fsp3) is 0.357. The minimum atomic E-state index is -1.33. The highest BCUT2D eigenvalue weighted by molar-refractivity contribution is 5.84. The SMILES string of the molecule is COc1cnccc1-c1ccc2nc(Cc3cc(CN4CCN(C(=O)C(C)(C)O)CC4)ccn3)[nH]c2c1. The minimum absolute atomic E-state index is 0.212. The molecule has 0 atom stereocenters. The van der Waals surface area contributed by atoms with Crippen LogP contribution in [0.1, 0.15) is 30.9 Å². The molecule has 4 aromatic rings. The maximum atomic E-state index is 12.3. The Morgan fingerprint density at radius 1 is 1.11 bits per heavy atom. The number of hydrogen-bond donors (Lipinski definition) is 2. The number of aromatic nitrogens is 4. The number of piperazine rings is 1. The van der Waals surface area contributed by atoms with E-state index in [-0.39, 0.29) is 5.91 Å². The maximum Gasteiger partial charge on any atom is 0.254 e. The molecule has 37 heavy (non-hydrogen) atoms. The van der Waals surface area contributed by atoms with E-state index in [1.807, 2.05) is 30.5 Å². The van der Waals surface area contributed by atoms with Crippen LogP contribution < -0.4 is 4.74 Å². The normalized spacial score (nSPS) is 14.8. The second-order valence-electron chi connectivity index (χ2n) is 9.95. The number of benzene rings is 1. The summed E-state index contributed by atoms with van der Waals surface area (Å²) in [5, 5.41) is 10.00. The Morgan fingerprint density at radius 2 is 1.92 bits per heavy atom. The monoisotopic (exact) mass is 500 g/mol. The van der Waals surface area contributed by atoms with Crippen molar-refractivity contribution in [2.45, 2.75) is 32.4 Å². The van der Waals surface area contributed by atoms with Gasteiger partial charge >= 0.3 is 0 Å². The largest absolute Gasteiger partial charge is 0.494 e. The third-order valence-corrected chi connectivity index (χ3v) is 6.66. The van der Waals surface area contributed by atoms with Crippen LogP contribution in [0.5, 0.6) is 5.75 Å². The molecule has 1 aromatic carbocycles. The van der Waals surface area contributed by atoms with E-state index in [0.29, 0.717) is 19.5 Å². The van der Waals surface area contributed by atoms with Crippen molar-refractivity contribution in [3.63, 3.8) is 0 Å². The van der Waals surface area contributed by atoms with E-state index in [1.165, 1.54) is 5.56 Å². The number of carbonyl (C=O) groups is 1. The number of H-pyrrole nitrogens is 1. The Labute approximate surface area is 216 Å². The van der Waals surface area contributed by atoms with Crippen molar-refractivity contribution in [3.05, 3.63) is 72.1 Å². The summed E-state index contributed by atoms with van der Waals surface area (Å²) < 4.78 is 5.46. The first kappa shape index (κ1) is 24.9. The fourth-order valence-corrected chi connectivity index (χ4v) is 4.74. The Morgan fingerprint density at radius 3 is 2.68 bits per heavy atom. The van der Waals surface area contributed by atoms with Crippen LogP contribution in [0.4, 0.5) is 0 Å². The van der Waals surface area contributed by atoms with Crippen LogP contribution in [0.3, 0.4) is 0 Å². The molecule has 5 rings (SSSR count). The Bertz CT molecular complexity index is 1400. The molecule has 4 heterocycles. The van der Waals surface area contributed by atoms with Crippen LogP contribution in [-0.4, -0.2) is 79.6 Å². The quantitative estimate of drug-likeness (QED) is 0.402. The van der Waals surface area contributed by atoms with Crippen molar-refractivity contribution in [1.29, 1.82) is 0 Å². The van der Waals surface area contributed by atoms with E-state index in [4.69, 9.17) is 9.72 Å². The Kier molecular flexibility index (Phi) is 6.90. The van der Waals surface area contributed by atoms with Gasteiger partial charge in [0.05, 0.1) is 24.3 Å². The summed E-state index contributed by atoms with van der Waals surface area (Å²) in [6, 6.07) is 12.2. The smallest absolute Gasteiger partial charge is 0.254 e. The molecular weight excluding hydrogens is 468 g/mol. The number of hydrogen-bond acceptors (Lipinski definition) is 7. The van der Waals surface area contributed by atoms with Gasteiger partial charge in [-0.1, -0.05) is 6.07 Å². The second kappa shape index (κ2) is 10.3. The number of aliphatic hydroxyl groups is 1. The molecule has 1 aliphatic rings. The molecule has 0 spiro atoms. The summed E-state index contributed by atoms with van der Waals surface area (Å²) in [6.45, 7) is 6.65. The molecule has 9 nitrogen and oxygen atoms in total. The lowest BCUT2D eigenvalue weighted by Gasteiger charge is -2.37. The van der Waals surface area contributed by atoms with Gasteiger partial charge in [-0.15, -0.1) is 0 Å². The average Bonchev–Trinajstić information content (AvgIpc) is 3.30. The van der Waals surface area contributed by atoms with Crippen LogP contribution in [0, 0.1) is 0 Å². The molecular formula is C28H32N6O3. The Hall–Kier alpha value is -3.82. The molecule has 1 amide bonds. The lowest BCUT2D eigenvalue weighted by molar-refractivity contribution is -0.149. The van der Waals surface area contributed by atoms with Gasteiger partial charge in [0.2, 0.25) is 0 Å². The van der Waals surface area contributed by atoms with Gasteiger partial charge in [0.15, 0.2) is 0 Å². The zero-order valence-corrected chi connectivity index (χ0v) is 21.4. The van der Waals surface area contributed by atoms with E-state index >= 15 is 0 Å². The van der Waals surface area contributed by atoms with E-state index in [0.717, 1.165) is 59.1 Å². The standard InChI is InChI=1S/C28H32N6O3/c1-28(2,36)27(35)34-12-10-33(11-13-34)18-19-6-9-30-21(14-19)16-26-31-23-5-4-20(15-24(23)32-26)22-7-8-29-17-25(22)37-3/h4-9,14-15,17,36H,10-13,16,18H2,1-3H3,(H,31,32). The summed E-state index contributed by atoms with van der Waals surface area (Å²) >= 11 is 0.